The second kappa shape index (κ2) is 6.28. The van der Waals surface area contributed by atoms with Gasteiger partial charge in [0, 0.05) is 16.7 Å². The summed E-state index contributed by atoms with van der Waals surface area (Å²) in [4.78, 5) is 0. The van der Waals surface area contributed by atoms with Gasteiger partial charge in [0.1, 0.15) is 0 Å². The Balaban J connectivity index is 2.42. The summed E-state index contributed by atoms with van der Waals surface area (Å²) >= 11 is 11.8. The fraction of sp³-hybridized carbons (Fsp3) is 0.455. The van der Waals surface area contributed by atoms with Crippen LogP contribution >= 0.6 is 23.2 Å². The van der Waals surface area contributed by atoms with Crippen molar-refractivity contribution in [2.24, 2.45) is 0 Å². The number of aliphatic hydroxyl groups is 1. The Labute approximate surface area is 94.7 Å². The number of unbranched alkanes of at least 4 members (excludes halogenated alkanes) is 2. The fourth-order valence-electron chi connectivity index (χ4n) is 1.33. The van der Waals surface area contributed by atoms with Gasteiger partial charge in [0.05, 0.1) is 0 Å². The first-order valence-electron chi connectivity index (χ1n) is 4.79. The van der Waals surface area contributed by atoms with Crippen LogP contribution in [-0.2, 0) is 6.42 Å². The lowest BCUT2D eigenvalue weighted by Crippen LogP contribution is -1.89. The quantitative estimate of drug-likeness (QED) is 0.769. The molecule has 0 aliphatic rings. The predicted molar refractivity (Wildman–Crippen MR) is 61.1 cm³/mol. The molecule has 0 saturated carbocycles. The summed E-state index contributed by atoms with van der Waals surface area (Å²) in [6.07, 6.45) is 3.92. The fourth-order valence-corrected chi connectivity index (χ4v) is 1.83. The highest BCUT2D eigenvalue weighted by atomic mass is 35.5. The lowest BCUT2D eigenvalue weighted by Gasteiger charge is -2.03. The van der Waals surface area contributed by atoms with Gasteiger partial charge in [-0.3, -0.25) is 0 Å². The van der Waals surface area contributed by atoms with E-state index in [1.807, 2.05) is 12.1 Å². The number of rotatable bonds is 5. The molecule has 3 heteroatoms. The molecule has 1 nitrogen and oxygen atoms in total. The second-order valence-corrected chi connectivity index (χ2v) is 4.11. The van der Waals surface area contributed by atoms with E-state index in [2.05, 4.69) is 0 Å². The van der Waals surface area contributed by atoms with Crippen LogP contribution in [0.5, 0.6) is 0 Å². The minimum absolute atomic E-state index is 0.272. The summed E-state index contributed by atoms with van der Waals surface area (Å²) in [5.41, 5.74) is 1.13. The van der Waals surface area contributed by atoms with Crippen molar-refractivity contribution in [1.82, 2.24) is 0 Å². The molecule has 0 saturated heterocycles. The van der Waals surface area contributed by atoms with Crippen LogP contribution in [0.1, 0.15) is 24.8 Å². The molecule has 78 valence electrons. The Morgan fingerprint density at radius 2 is 1.86 bits per heavy atom. The van der Waals surface area contributed by atoms with Crippen molar-refractivity contribution >= 4 is 23.2 Å². The lowest BCUT2D eigenvalue weighted by molar-refractivity contribution is 0.283. The molecule has 1 N–H and O–H groups in total. The Bertz CT molecular complexity index is 287. The minimum atomic E-state index is 0.272. The number of halogens is 2. The summed E-state index contributed by atoms with van der Waals surface area (Å²) in [7, 11) is 0. The van der Waals surface area contributed by atoms with Crippen molar-refractivity contribution in [1.29, 1.82) is 0 Å². The van der Waals surface area contributed by atoms with E-state index in [4.69, 9.17) is 28.3 Å². The average molecular weight is 233 g/mol. The van der Waals surface area contributed by atoms with Crippen LogP contribution in [0.25, 0.3) is 0 Å². The molecule has 0 spiro atoms. The monoisotopic (exact) mass is 232 g/mol. The molecule has 0 atom stereocenters. The third kappa shape index (κ3) is 3.87. The van der Waals surface area contributed by atoms with Gasteiger partial charge in [-0.1, -0.05) is 35.7 Å². The molecular formula is C11H14Cl2O. The lowest BCUT2D eigenvalue weighted by atomic mass is 10.1. The van der Waals surface area contributed by atoms with Gasteiger partial charge in [0.25, 0.3) is 0 Å². The largest absolute Gasteiger partial charge is 0.396 e. The summed E-state index contributed by atoms with van der Waals surface area (Å²) in [6, 6.07) is 5.59. The van der Waals surface area contributed by atoms with Crippen LogP contribution in [0.3, 0.4) is 0 Å². The standard InChI is InChI=1S/C11H14Cl2O/c12-10-6-5-9(11(13)8-10)4-2-1-3-7-14/h5-6,8,14H,1-4,7H2. The molecule has 0 bridgehead atoms. The maximum absolute atomic E-state index is 8.61. The van der Waals surface area contributed by atoms with Crippen molar-refractivity contribution in [2.45, 2.75) is 25.7 Å². The van der Waals surface area contributed by atoms with Gasteiger partial charge in [-0.05, 0) is 37.0 Å². The van der Waals surface area contributed by atoms with Crippen LogP contribution in [0, 0.1) is 0 Å². The van der Waals surface area contributed by atoms with E-state index in [1.54, 1.807) is 6.07 Å². The number of aryl methyl sites for hydroxylation is 1. The molecule has 0 unspecified atom stereocenters. The predicted octanol–water partition coefficient (Wildman–Crippen LogP) is 3.70. The van der Waals surface area contributed by atoms with Crippen molar-refractivity contribution in [3.8, 4) is 0 Å². The van der Waals surface area contributed by atoms with Gasteiger partial charge in [-0.15, -0.1) is 0 Å². The SMILES string of the molecule is OCCCCCc1ccc(Cl)cc1Cl. The zero-order valence-electron chi connectivity index (χ0n) is 7.97. The third-order valence-electron chi connectivity index (χ3n) is 2.12. The second-order valence-electron chi connectivity index (χ2n) is 3.27. The first kappa shape index (κ1) is 11.8. The Hall–Kier alpha value is -0.240. The van der Waals surface area contributed by atoms with E-state index in [9.17, 15) is 0 Å². The molecule has 1 aromatic carbocycles. The number of aliphatic hydroxyl groups excluding tert-OH is 1. The van der Waals surface area contributed by atoms with Crippen molar-refractivity contribution in [3.63, 3.8) is 0 Å². The zero-order valence-corrected chi connectivity index (χ0v) is 9.48. The maximum Gasteiger partial charge on any atom is 0.0452 e. The van der Waals surface area contributed by atoms with Crippen LogP contribution in [0.2, 0.25) is 10.0 Å². The van der Waals surface area contributed by atoms with Crippen LogP contribution in [-0.4, -0.2) is 11.7 Å². The van der Waals surface area contributed by atoms with Gasteiger partial charge in [0.2, 0.25) is 0 Å². The summed E-state index contributed by atoms with van der Waals surface area (Å²) in [6.45, 7) is 0.272. The van der Waals surface area contributed by atoms with Crippen molar-refractivity contribution in [3.05, 3.63) is 33.8 Å². The van der Waals surface area contributed by atoms with Gasteiger partial charge < -0.3 is 5.11 Å². The Kier molecular flexibility index (Phi) is 5.31. The minimum Gasteiger partial charge on any atom is -0.396 e. The molecule has 0 radical (unpaired) electrons. The Morgan fingerprint density at radius 1 is 1.07 bits per heavy atom. The van der Waals surface area contributed by atoms with Crippen LogP contribution in [0.4, 0.5) is 0 Å². The first-order valence-corrected chi connectivity index (χ1v) is 5.54. The van der Waals surface area contributed by atoms with Crippen LogP contribution in [0.15, 0.2) is 18.2 Å². The average Bonchev–Trinajstić information content (AvgIpc) is 2.15. The van der Waals surface area contributed by atoms with E-state index < -0.39 is 0 Å². The summed E-state index contributed by atoms with van der Waals surface area (Å²) in [5, 5.41) is 10.0. The maximum atomic E-state index is 8.61. The van der Waals surface area contributed by atoms with Gasteiger partial charge in [-0.2, -0.15) is 0 Å². The molecule has 0 heterocycles. The van der Waals surface area contributed by atoms with E-state index in [1.165, 1.54) is 0 Å². The molecule has 0 aliphatic carbocycles. The molecule has 0 aromatic heterocycles. The number of hydrogen-bond donors (Lipinski definition) is 1. The highest BCUT2D eigenvalue weighted by molar-refractivity contribution is 6.35. The molecule has 1 aromatic rings. The smallest absolute Gasteiger partial charge is 0.0452 e. The summed E-state index contributed by atoms with van der Waals surface area (Å²) in [5.74, 6) is 0. The van der Waals surface area contributed by atoms with Gasteiger partial charge in [0.15, 0.2) is 0 Å². The van der Waals surface area contributed by atoms with Crippen LogP contribution < -0.4 is 0 Å². The summed E-state index contributed by atoms with van der Waals surface area (Å²) < 4.78 is 0. The molecule has 14 heavy (non-hydrogen) atoms. The number of hydrogen-bond acceptors (Lipinski definition) is 1. The molecule has 0 aliphatic heterocycles. The molecule has 1 rings (SSSR count). The molecular weight excluding hydrogens is 219 g/mol. The first-order chi connectivity index (χ1) is 6.74. The highest BCUT2D eigenvalue weighted by Gasteiger charge is 2.00. The number of benzene rings is 1. The third-order valence-corrected chi connectivity index (χ3v) is 2.71. The van der Waals surface area contributed by atoms with Crippen molar-refractivity contribution in [2.75, 3.05) is 6.61 Å². The van der Waals surface area contributed by atoms with Gasteiger partial charge >= 0.3 is 0 Å². The molecule has 0 fully saturated rings. The molecule has 0 amide bonds. The van der Waals surface area contributed by atoms with E-state index in [0.29, 0.717) is 5.02 Å². The zero-order chi connectivity index (χ0) is 10.4. The Morgan fingerprint density at radius 3 is 2.50 bits per heavy atom. The highest BCUT2D eigenvalue weighted by Crippen LogP contribution is 2.22. The van der Waals surface area contributed by atoms with Crippen molar-refractivity contribution < 1.29 is 5.11 Å². The van der Waals surface area contributed by atoms with E-state index >= 15 is 0 Å². The normalized spacial score (nSPS) is 10.5. The van der Waals surface area contributed by atoms with E-state index in [0.717, 1.165) is 36.3 Å². The van der Waals surface area contributed by atoms with E-state index in [-0.39, 0.29) is 6.61 Å². The van der Waals surface area contributed by atoms with Gasteiger partial charge in [-0.25, -0.2) is 0 Å². The topological polar surface area (TPSA) is 20.2 Å².